The van der Waals surface area contributed by atoms with E-state index in [9.17, 15) is 0 Å². The average Bonchev–Trinajstić information content (AvgIpc) is 2.85. The van der Waals surface area contributed by atoms with Gasteiger partial charge in [-0.15, -0.1) is 0 Å². The van der Waals surface area contributed by atoms with Crippen LogP contribution < -0.4 is 5.73 Å². The van der Waals surface area contributed by atoms with Gasteiger partial charge in [0.1, 0.15) is 11.6 Å². The first-order valence-electron chi connectivity index (χ1n) is 4.43. The summed E-state index contributed by atoms with van der Waals surface area (Å²) in [4.78, 5) is 8.63. The number of nitrogen functional groups attached to an aromatic ring is 1. The predicted molar refractivity (Wildman–Crippen MR) is 47.8 cm³/mol. The van der Waals surface area contributed by atoms with E-state index in [1.807, 2.05) is 6.07 Å². The van der Waals surface area contributed by atoms with Crippen LogP contribution in [0.5, 0.6) is 0 Å². The molecule has 0 bridgehead atoms. The van der Waals surface area contributed by atoms with Crippen LogP contribution in [0.2, 0.25) is 0 Å². The maximum Gasteiger partial charge on any atom is 0.134 e. The Hall–Kier alpha value is -1.12. The largest absolute Gasteiger partial charge is 0.384 e. The molecular weight excluding hydrogens is 150 g/mol. The van der Waals surface area contributed by atoms with Crippen molar-refractivity contribution in [2.24, 2.45) is 0 Å². The fourth-order valence-corrected chi connectivity index (χ4v) is 1.24. The second-order valence-corrected chi connectivity index (χ2v) is 3.27. The lowest BCUT2D eigenvalue weighted by atomic mass is 10.3. The van der Waals surface area contributed by atoms with Crippen LogP contribution in [0.4, 0.5) is 5.82 Å². The third-order valence-electron chi connectivity index (χ3n) is 2.12. The Labute approximate surface area is 72.0 Å². The van der Waals surface area contributed by atoms with Gasteiger partial charge < -0.3 is 5.73 Å². The van der Waals surface area contributed by atoms with E-state index < -0.39 is 0 Å². The minimum atomic E-state index is 0.596. The number of nitrogens with two attached hydrogens (primary N) is 1. The molecule has 3 heteroatoms. The monoisotopic (exact) mass is 163 g/mol. The number of nitrogens with zero attached hydrogens (tertiary/aromatic N) is 2. The molecule has 12 heavy (non-hydrogen) atoms. The fraction of sp³-hybridized carbons (Fsp3) is 0.556. The molecule has 0 radical (unpaired) electrons. The van der Waals surface area contributed by atoms with Crippen molar-refractivity contribution in [1.82, 2.24) is 9.97 Å². The van der Waals surface area contributed by atoms with Crippen molar-refractivity contribution in [2.45, 2.75) is 32.1 Å². The molecule has 1 heterocycles. The summed E-state index contributed by atoms with van der Waals surface area (Å²) >= 11 is 0. The maximum absolute atomic E-state index is 5.65. The van der Waals surface area contributed by atoms with E-state index in [0.717, 1.165) is 17.9 Å². The Kier molecular flexibility index (Phi) is 1.71. The van der Waals surface area contributed by atoms with Gasteiger partial charge in [-0.05, 0) is 19.3 Å². The summed E-state index contributed by atoms with van der Waals surface area (Å²) < 4.78 is 0. The Morgan fingerprint density at radius 2 is 2.25 bits per heavy atom. The lowest BCUT2D eigenvalue weighted by Crippen LogP contribution is -2.01. The van der Waals surface area contributed by atoms with Crippen molar-refractivity contribution in [1.29, 1.82) is 0 Å². The highest BCUT2D eigenvalue weighted by molar-refractivity contribution is 5.31. The molecule has 0 unspecified atom stereocenters. The summed E-state index contributed by atoms with van der Waals surface area (Å²) in [6.07, 6.45) is 3.39. The molecular formula is C9H13N3. The predicted octanol–water partition coefficient (Wildman–Crippen LogP) is 1.50. The molecule has 1 saturated carbocycles. The van der Waals surface area contributed by atoms with Crippen molar-refractivity contribution in [2.75, 3.05) is 5.73 Å². The number of hydrogen-bond acceptors (Lipinski definition) is 3. The van der Waals surface area contributed by atoms with E-state index in [4.69, 9.17) is 5.73 Å². The molecule has 0 aromatic carbocycles. The summed E-state index contributed by atoms with van der Waals surface area (Å²) in [5.41, 5.74) is 6.71. The van der Waals surface area contributed by atoms with E-state index >= 15 is 0 Å². The van der Waals surface area contributed by atoms with Gasteiger partial charge in [0.05, 0.1) is 0 Å². The number of aromatic nitrogens is 2. The molecule has 0 atom stereocenters. The molecule has 1 aliphatic rings. The summed E-state index contributed by atoms with van der Waals surface area (Å²) in [6, 6.07) is 1.85. The molecule has 0 spiro atoms. The third kappa shape index (κ3) is 1.40. The summed E-state index contributed by atoms with van der Waals surface area (Å²) in [5, 5.41) is 0. The Balaban J connectivity index is 2.34. The van der Waals surface area contributed by atoms with Crippen LogP contribution in [-0.2, 0) is 6.42 Å². The Morgan fingerprint density at radius 3 is 2.83 bits per heavy atom. The van der Waals surface area contributed by atoms with Crippen LogP contribution >= 0.6 is 0 Å². The number of rotatable bonds is 2. The second-order valence-electron chi connectivity index (χ2n) is 3.27. The van der Waals surface area contributed by atoms with Crippen molar-refractivity contribution in [3.05, 3.63) is 17.6 Å². The van der Waals surface area contributed by atoms with Gasteiger partial charge in [-0.1, -0.05) is 6.92 Å². The molecule has 64 valence electrons. The van der Waals surface area contributed by atoms with Crippen molar-refractivity contribution in [3.63, 3.8) is 0 Å². The lowest BCUT2D eigenvalue weighted by Gasteiger charge is -2.01. The van der Waals surface area contributed by atoms with Gasteiger partial charge >= 0.3 is 0 Å². The normalized spacial score (nSPS) is 16.4. The van der Waals surface area contributed by atoms with Crippen LogP contribution in [-0.4, -0.2) is 9.97 Å². The van der Waals surface area contributed by atoms with E-state index in [0.29, 0.717) is 11.7 Å². The van der Waals surface area contributed by atoms with Crippen molar-refractivity contribution >= 4 is 5.82 Å². The molecule has 3 nitrogen and oxygen atoms in total. The quantitative estimate of drug-likeness (QED) is 0.718. The van der Waals surface area contributed by atoms with Gasteiger partial charge in [0.15, 0.2) is 0 Å². The minimum absolute atomic E-state index is 0.596. The molecule has 0 amide bonds. The van der Waals surface area contributed by atoms with Crippen molar-refractivity contribution in [3.8, 4) is 0 Å². The summed E-state index contributed by atoms with van der Waals surface area (Å²) in [5.74, 6) is 2.16. The van der Waals surface area contributed by atoms with Gasteiger partial charge in [0.2, 0.25) is 0 Å². The van der Waals surface area contributed by atoms with Crippen LogP contribution in [0.1, 0.15) is 37.2 Å². The van der Waals surface area contributed by atoms with E-state index in [1.165, 1.54) is 12.8 Å². The van der Waals surface area contributed by atoms with E-state index in [2.05, 4.69) is 16.9 Å². The topological polar surface area (TPSA) is 51.8 Å². The zero-order chi connectivity index (χ0) is 8.55. The number of hydrogen-bond donors (Lipinski definition) is 1. The van der Waals surface area contributed by atoms with Crippen LogP contribution in [0.15, 0.2) is 6.07 Å². The molecule has 1 aromatic heterocycles. The number of aryl methyl sites for hydroxylation is 1. The van der Waals surface area contributed by atoms with Crippen LogP contribution in [0.25, 0.3) is 0 Å². The molecule has 0 aliphatic heterocycles. The van der Waals surface area contributed by atoms with Gasteiger partial charge in [0, 0.05) is 17.7 Å². The highest BCUT2D eigenvalue weighted by Gasteiger charge is 2.26. The SMILES string of the molecule is CCc1cc(N)nc(C2CC2)n1. The standard InChI is InChI=1S/C9H13N3/c1-2-7-5-8(10)12-9(11-7)6-3-4-6/h5-6H,2-4H2,1H3,(H2,10,11,12). The molecule has 1 aliphatic carbocycles. The first-order valence-corrected chi connectivity index (χ1v) is 4.43. The lowest BCUT2D eigenvalue weighted by molar-refractivity contribution is 0.883. The molecule has 1 aromatic rings. The van der Waals surface area contributed by atoms with Crippen LogP contribution in [0, 0.1) is 0 Å². The molecule has 1 fully saturated rings. The van der Waals surface area contributed by atoms with Gasteiger partial charge in [-0.25, -0.2) is 9.97 Å². The van der Waals surface area contributed by atoms with Gasteiger partial charge in [0.25, 0.3) is 0 Å². The van der Waals surface area contributed by atoms with Gasteiger partial charge in [-0.2, -0.15) is 0 Å². The zero-order valence-corrected chi connectivity index (χ0v) is 7.25. The highest BCUT2D eigenvalue weighted by atomic mass is 15.0. The van der Waals surface area contributed by atoms with Crippen molar-refractivity contribution < 1.29 is 0 Å². The molecule has 2 rings (SSSR count). The Morgan fingerprint density at radius 1 is 1.50 bits per heavy atom. The molecule has 0 saturated heterocycles. The van der Waals surface area contributed by atoms with Gasteiger partial charge in [-0.3, -0.25) is 0 Å². The number of anilines is 1. The first kappa shape index (κ1) is 7.53. The maximum atomic E-state index is 5.65. The summed E-state index contributed by atoms with van der Waals surface area (Å²) in [6.45, 7) is 2.08. The zero-order valence-electron chi connectivity index (χ0n) is 7.25. The molecule has 2 N–H and O–H groups in total. The summed E-state index contributed by atoms with van der Waals surface area (Å²) in [7, 11) is 0. The van der Waals surface area contributed by atoms with E-state index in [-0.39, 0.29) is 0 Å². The third-order valence-corrected chi connectivity index (χ3v) is 2.12. The van der Waals surface area contributed by atoms with Crippen LogP contribution in [0.3, 0.4) is 0 Å². The van der Waals surface area contributed by atoms with E-state index in [1.54, 1.807) is 0 Å². The Bertz CT molecular complexity index is 292. The highest BCUT2D eigenvalue weighted by Crippen LogP contribution is 2.38. The average molecular weight is 163 g/mol. The minimum Gasteiger partial charge on any atom is -0.384 e. The first-order chi connectivity index (χ1) is 5.79. The fourth-order valence-electron chi connectivity index (χ4n) is 1.24. The smallest absolute Gasteiger partial charge is 0.134 e. The second kappa shape index (κ2) is 2.73.